The summed E-state index contributed by atoms with van der Waals surface area (Å²) < 4.78 is 0. The fraction of sp³-hybridized carbons (Fsp3) is 0.375. The van der Waals surface area contributed by atoms with Crippen molar-refractivity contribution in [3.05, 3.63) is 22.2 Å². The van der Waals surface area contributed by atoms with Crippen molar-refractivity contribution in [1.82, 2.24) is 4.98 Å². The summed E-state index contributed by atoms with van der Waals surface area (Å²) in [6, 6.07) is 0. The van der Waals surface area contributed by atoms with Crippen LogP contribution in [-0.2, 0) is 6.42 Å². The molecule has 10 heavy (non-hydrogen) atoms. The van der Waals surface area contributed by atoms with E-state index < -0.39 is 0 Å². The third kappa shape index (κ3) is 1.27. The topological polar surface area (TPSA) is 12.9 Å². The van der Waals surface area contributed by atoms with Crippen LogP contribution in [0.4, 0.5) is 0 Å². The van der Waals surface area contributed by atoms with Gasteiger partial charge in [-0.15, -0.1) is 11.3 Å². The van der Waals surface area contributed by atoms with Crippen LogP contribution in [0, 0.1) is 6.92 Å². The summed E-state index contributed by atoms with van der Waals surface area (Å²) in [5.74, 6) is 0. The van der Waals surface area contributed by atoms with Crippen LogP contribution in [0.1, 0.15) is 22.5 Å². The molecule has 1 rings (SSSR count). The monoisotopic (exact) mass is 153 g/mol. The molecule has 0 bridgehead atoms. The van der Waals surface area contributed by atoms with Gasteiger partial charge in [-0.2, -0.15) is 0 Å². The van der Waals surface area contributed by atoms with E-state index in [2.05, 4.69) is 18.5 Å². The minimum Gasteiger partial charge on any atom is -0.246 e. The molecule has 2 heteroatoms. The van der Waals surface area contributed by atoms with Crippen molar-refractivity contribution in [1.29, 1.82) is 0 Å². The molecule has 0 saturated heterocycles. The smallest absolute Gasteiger partial charge is 0.0903 e. The second kappa shape index (κ2) is 2.97. The molecule has 1 heterocycles. The lowest BCUT2D eigenvalue weighted by molar-refractivity contribution is 1.04. The van der Waals surface area contributed by atoms with Crippen molar-refractivity contribution in [2.45, 2.75) is 20.3 Å². The highest BCUT2D eigenvalue weighted by atomic mass is 32.1. The molecule has 54 valence electrons. The normalized spacial score (nSPS) is 9.80. The number of aromatic nitrogens is 1. The zero-order chi connectivity index (χ0) is 7.56. The molecule has 0 saturated carbocycles. The minimum atomic E-state index is 1.01. The van der Waals surface area contributed by atoms with Crippen LogP contribution in [0.2, 0.25) is 0 Å². The molecule has 0 aliphatic heterocycles. The number of thiazole rings is 1. The second-order valence-corrected chi connectivity index (χ2v) is 3.34. The van der Waals surface area contributed by atoms with Gasteiger partial charge in [-0.3, -0.25) is 0 Å². The zero-order valence-corrected chi connectivity index (χ0v) is 7.16. The molecule has 0 amide bonds. The first-order chi connectivity index (χ1) is 4.77. The Labute approximate surface area is 65.4 Å². The third-order valence-electron chi connectivity index (χ3n) is 1.35. The van der Waals surface area contributed by atoms with E-state index in [1.807, 2.05) is 13.0 Å². The molecule has 1 nitrogen and oxygen atoms in total. The minimum absolute atomic E-state index is 1.01. The van der Waals surface area contributed by atoms with Crippen molar-refractivity contribution in [3.63, 3.8) is 0 Å². The molecular weight excluding hydrogens is 142 g/mol. The van der Waals surface area contributed by atoms with Gasteiger partial charge in [0.1, 0.15) is 0 Å². The summed E-state index contributed by atoms with van der Waals surface area (Å²) >= 11 is 1.71. The predicted octanol–water partition coefficient (Wildman–Crippen LogP) is 2.66. The maximum Gasteiger partial charge on any atom is 0.0903 e. The van der Waals surface area contributed by atoms with E-state index >= 15 is 0 Å². The Kier molecular flexibility index (Phi) is 2.22. The van der Waals surface area contributed by atoms with Gasteiger partial charge in [0, 0.05) is 4.88 Å². The SMILES string of the molecule is C=Cc1sc(C)nc1CC. The van der Waals surface area contributed by atoms with E-state index in [9.17, 15) is 0 Å². The van der Waals surface area contributed by atoms with Crippen LogP contribution in [0.25, 0.3) is 6.08 Å². The molecule has 0 aliphatic rings. The number of hydrogen-bond acceptors (Lipinski definition) is 2. The lowest BCUT2D eigenvalue weighted by Crippen LogP contribution is -1.81. The molecule has 0 unspecified atom stereocenters. The van der Waals surface area contributed by atoms with E-state index in [4.69, 9.17) is 0 Å². The molecule has 1 aromatic heterocycles. The summed E-state index contributed by atoms with van der Waals surface area (Å²) in [5.41, 5.74) is 1.18. The zero-order valence-electron chi connectivity index (χ0n) is 6.35. The third-order valence-corrected chi connectivity index (χ3v) is 2.36. The number of aryl methyl sites for hydroxylation is 2. The van der Waals surface area contributed by atoms with Crippen molar-refractivity contribution in [2.75, 3.05) is 0 Å². The maximum absolute atomic E-state index is 4.35. The maximum atomic E-state index is 4.35. The van der Waals surface area contributed by atoms with Gasteiger partial charge in [-0.1, -0.05) is 19.6 Å². The van der Waals surface area contributed by atoms with Crippen LogP contribution in [0.5, 0.6) is 0 Å². The average Bonchev–Trinajstić information content (AvgIpc) is 2.30. The summed E-state index contributed by atoms with van der Waals surface area (Å²) in [5, 5.41) is 1.13. The van der Waals surface area contributed by atoms with Gasteiger partial charge in [0.15, 0.2) is 0 Å². The molecule has 0 atom stereocenters. The molecule has 0 radical (unpaired) electrons. The number of hydrogen-bond donors (Lipinski definition) is 0. The molecule has 0 spiro atoms. The lowest BCUT2D eigenvalue weighted by atomic mass is 10.3. The van der Waals surface area contributed by atoms with Crippen molar-refractivity contribution >= 4 is 17.4 Å². The molecule has 0 aromatic carbocycles. The van der Waals surface area contributed by atoms with Gasteiger partial charge in [0.05, 0.1) is 10.7 Å². The Morgan fingerprint density at radius 1 is 1.70 bits per heavy atom. The molecule has 1 aromatic rings. The fourth-order valence-electron chi connectivity index (χ4n) is 0.899. The highest BCUT2D eigenvalue weighted by molar-refractivity contribution is 7.12. The standard InChI is InChI=1S/C8H11NS/c1-4-7-8(5-2)10-6(3)9-7/h5H,2,4H2,1,3H3. The average molecular weight is 153 g/mol. The van der Waals surface area contributed by atoms with Crippen molar-refractivity contribution in [2.24, 2.45) is 0 Å². The summed E-state index contributed by atoms with van der Waals surface area (Å²) in [4.78, 5) is 5.57. The molecule has 0 N–H and O–H groups in total. The Hall–Kier alpha value is -0.630. The van der Waals surface area contributed by atoms with Gasteiger partial charge in [-0.25, -0.2) is 4.98 Å². The van der Waals surface area contributed by atoms with Crippen LogP contribution in [-0.4, -0.2) is 4.98 Å². The summed E-state index contributed by atoms with van der Waals surface area (Å²) in [6.45, 7) is 7.86. The predicted molar refractivity (Wildman–Crippen MR) is 46.3 cm³/mol. The Balaban J connectivity index is 3.08. The van der Waals surface area contributed by atoms with Gasteiger partial charge in [0.25, 0.3) is 0 Å². The van der Waals surface area contributed by atoms with Gasteiger partial charge >= 0.3 is 0 Å². The van der Waals surface area contributed by atoms with Gasteiger partial charge in [0.2, 0.25) is 0 Å². The van der Waals surface area contributed by atoms with E-state index in [-0.39, 0.29) is 0 Å². The first-order valence-corrected chi connectivity index (χ1v) is 4.18. The van der Waals surface area contributed by atoms with Gasteiger partial charge in [-0.05, 0) is 13.3 Å². The Morgan fingerprint density at radius 2 is 2.40 bits per heavy atom. The van der Waals surface area contributed by atoms with E-state index in [0.717, 1.165) is 11.4 Å². The van der Waals surface area contributed by atoms with Crippen LogP contribution >= 0.6 is 11.3 Å². The first-order valence-electron chi connectivity index (χ1n) is 3.36. The quantitative estimate of drug-likeness (QED) is 0.636. The molecule has 0 fully saturated rings. The largest absolute Gasteiger partial charge is 0.246 e. The number of rotatable bonds is 2. The van der Waals surface area contributed by atoms with Crippen molar-refractivity contribution < 1.29 is 0 Å². The Bertz CT molecular complexity index is 237. The van der Waals surface area contributed by atoms with Crippen LogP contribution in [0.15, 0.2) is 6.58 Å². The highest BCUT2D eigenvalue weighted by Crippen LogP contribution is 2.18. The van der Waals surface area contributed by atoms with E-state index in [0.29, 0.717) is 0 Å². The van der Waals surface area contributed by atoms with E-state index in [1.165, 1.54) is 10.6 Å². The number of nitrogens with zero attached hydrogens (tertiary/aromatic N) is 1. The van der Waals surface area contributed by atoms with Crippen LogP contribution < -0.4 is 0 Å². The first kappa shape index (κ1) is 7.48. The summed E-state index contributed by atoms with van der Waals surface area (Å²) in [6.07, 6.45) is 2.88. The second-order valence-electron chi connectivity index (χ2n) is 2.10. The summed E-state index contributed by atoms with van der Waals surface area (Å²) in [7, 11) is 0. The lowest BCUT2D eigenvalue weighted by Gasteiger charge is -1.87. The van der Waals surface area contributed by atoms with E-state index in [1.54, 1.807) is 11.3 Å². The Morgan fingerprint density at radius 3 is 2.80 bits per heavy atom. The highest BCUT2D eigenvalue weighted by Gasteiger charge is 2.01. The molecule has 0 aliphatic carbocycles. The van der Waals surface area contributed by atoms with Gasteiger partial charge < -0.3 is 0 Å². The molecular formula is C8H11NS. The fourth-order valence-corrected chi connectivity index (χ4v) is 1.76. The van der Waals surface area contributed by atoms with Crippen molar-refractivity contribution in [3.8, 4) is 0 Å². The van der Waals surface area contributed by atoms with Crippen LogP contribution in [0.3, 0.4) is 0 Å².